The normalized spacial score (nSPS) is 10.9. The number of thiophene rings is 1. The largest absolute Gasteiger partial charge is 0.493 e. The molecule has 0 aliphatic carbocycles. The lowest BCUT2D eigenvalue weighted by Crippen LogP contribution is -2.35. The molecule has 9 heteroatoms. The van der Waals surface area contributed by atoms with Crippen molar-refractivity contribution in [1.82, 2.24) is 10.6 Å². The quantitative estimate of drug-likeness (QED) is 0.279. The molecule has 0 aliphatic rings. The fourth-order valence-corrected chi connectivity index (χ4v) is 4.13. The van der Waals surface area contributed by atoms with Gasteiger partial charge in [-0.15, -0.1) is 11.3 Å². The number of carbonyl (C=O) groups is 2. The first-order valence-corrected chi connectivity index (χ1v) is 12.1. The van der Waals surface area contributed by atoms with Gasteiger partial charge < -0.3 is 29.6 Å². The summed E-state index contributed by atoms with van der Waals surface area (Å²) in [5, 5.41) is 7.54. The van der Waals surface area contributed by atoms with Crippen molar-refractivity contribution in [2.75, 3.05) is 35.0 Å². The first-order valence-electron chi connectivity index (χ1n) is 11.3. The third kappa shape index (κ3) is 7.02. The number of hydrogen-bond donors (Lipinski definition) is 2. The van der Waals surface area contributed by atoms with Crippen molar-refractivity contribution in [3.63, 3.8) is 0 Å². The van der Waals surface area contributed by atoms with E-state index in [1.54, 1.807) is 38.5 Å². The van der Waals surface area contributed by atoms with Crippen LogP contribution in [0.5, 0.6) is 23.0 Å². The smallest absolute Gasteiger partial charge is 0.267 e. The molecule has 0 spiro atoms. The van der Waals surface area contributed by atoms with Crippen LogP contribution in [0.4, 0.5) is 0 Å². The maximum absolute atomic E-state index is 13.0. The first-order chi connectivity index (χ1) is 17.5. The van der Waals surface area contributed by atoms with E-state index in [1.165, 1.54) is 25.6 Å². The average molecular weight is 511 g/mol. The molecule has 3 rings (SSSR count). The van der Waals surface area contributed by atoms with E-state index in [2.05, 4.69) is 10.6 Å². The van der Waals surface area contributed by atoms with Gasteiger partial charge in [-0.3, -0.25) is 9.59 Å². The number of nitrogens with one attached hydrogen (secondary N) is 2. The van der Waals surface area contributed by atoms with Gasteiger partial charge in [0.1, 0.15) is 5.70 Å². The summed E-state index contributed by atoms with van der Waals surface area (Å²) in [6.07, 6.45) is 3.10. The van der Waals surface area contributed by atoms with Gasteiger partial charge in [0.25, 0.3) is 11.8 Å². The van der Waals surface area contributed by atoms with E-state index < -0.39 is 5.91 Å². The minimum Gasteiger partial charge on any atom is -0.493 e. The molecule has 2 aromatic carbocycles. The van der Waals surface area contributed by atoms with Crippen LogP contribution < -0.4 is 29.6 Å². The summed E-state index contributed by atoms with van der Waals surface area (Å²) in [6, 6.07) is 14.3. The number of rotatable bonds is 12. The minimum absolute atomic E-state index is 0.156. The Morgan fingerprint density at radius 3 is 2.17 bits per heavy atom. The van der Waals surface area contributed by atoms with Crippen LogP contribution >= 0.6 is 11.3 Å². The van der Waals surface area contributed by atoms with Gasteiger partial charge in [-0.1, -0.05) is 12.1 Å². The van der Waals surface area contributed by atoms with Crippen molar-refractivity contribution in [1.29, 1.82) is 0 Å². The van der Waals surface area contributed by atoms with E-state index in [9.17, 15) is 9.59 Å². The third-order valence-corrected chi connectivity index (χ3v) is 6.16. The molecule has 3 aromatic rings. The lowest BCUT2D eigenvalue weighted by molar-refractivity contribution is -0.117. The van der Waals surface area contributed by atoms with Crippen molar-refractivity contribution >= 4 is 29.2 Å². The second kappa shape index (κ2) is 13.2. The highest BCUT2D eigenvalue weighted by atomic mass is 32.1. The van der Waals surface area contributed by atoms with Crippen molar-refractivity contribution in [3.05, 3.63) is 75.6 Å². The summed E-state index contributed by atoms with van der Waals surface area (Å²) in [6.45, 7) is 0.432. The molecule has 0 atom stereocenters. The minimum atomic E-state index is -0.431. The van der Waals surface area contributed by atoms with Crippen molar-refractivity contribution in [3.8, 4) is 23.0 Å². The van der Waals surface area contributed by atoms with E-state index >= 15 is 0 Å². The standard InChI is InChI=1S/C27H30N2O6S/c1-32-22-11-9-18(15-24(22)34-3)7-5-13-28-27(31)21(17-20-8-6-14-36-20)29-26(30)19-10-12-23(33-2)25(16-19)35-4/h6,8-12,14-17H,5,7,13H2,1-4H3,(H,28,31)(H,29,30)/b21-17-. The number of carbonyl (C=O) groups excluding carboxylic acids is 2. The Labute approximate surface area is 214 Å². The lowest BCUT2D eigenvalue weighted by Gasteiger charge is -2.13. The van der Waals surface area contributed by atoms with E-state index in [4.69, 9.17) is 18.9 Å². The van der Waals surface area contributed by atoms with Gasteiger partial charge in [-0.05, 0) is 66.3 Å². The maximum atomic E-state index is 13.0. The first kappa shape index (κ1) is 26.6. The fourth-order valence-electron chi connectivity index (χ4n) is 3.47. The molecule has 0 radical (unpaired) electrons. The highest BCUT2D eigenvalue weighted by molar-refractivity contribution is 7.10. The van der Waals surface area contributed by atoms with E-state index in [0.717, 1.165) is 16.9 Å². The second-order valence-corrected chi connectivity index (χ2v) is 8.63. The van der Waals surface area contributed by atoms with Crippen LogP contribution in [0.3, 0.4) is 0 Å². The predicted molar refractivity (Wildman–Crippen MR) is 140 cm³/mol. The number of benzene rings is 2. The summed E-state index contributed by atoms with van der Waals surface area (Å²) in [5.74, 6) is 1.47. The number of aryl methyl sites for hydroxylation is 1. The maximum Gasteiger partial charge on any atom is 0.267 e. The van der Waals surface area contributed by atoms with Gasteiger partial charge in [0, 0.05) is 17.0 Å². The van der Waals surface area contributed by atoms with Gasteiger partial charge >= 0.3 is 0 Å². The lowest BCUT2D eigenvalue weighted by atomic mass is 10.1. The molecule has 2 amide bonds. The van der Waals surface area contributed by atoms with E-state index in [-0.39, 0.29) is 11.6 Å². The predicted octanol–water partition coefficient (Wildman–Crippen LogP) is 4.30. The average Bonchev–Trinajstić information content (AvgIpc) is 3.43. The summed E-state index contributed by atoms with van der Waals surface area (Å²) < 4.78 is 21.1. The Kier molecular flexibility index (Phi) is 9.76. The highest BCUT2D eigenvalue weighted by Crippen LogP contribution is 2.28. The Bertz CT molecular complexity index is 1210. The summed E-state index contributed by atoms with van der Waals surface area (Å²) in [4.78, 5) is 26.8. The summed E-state index contributed by atoms with van der Waals surface area (Å²) in [7, 11) is 6.21. The van der Waals surface area contributed by atoms with Gasteiger partial charge in [0.2, 0.25) is 0 Å². The Morgan fingerprint density at radius 2 is 1.53 bits per heavy atom. The molecule has 1 aromatic heterocycles. The van der Waals surface area contributed by atoms with Crippen LogP contribution in [0.25, 0.3) is 6.08 Å². The van der Waals surface area contributed by atoms with Crippen molar-refractivity contribution in [2.45, 2.75) is 12.8 Å². The summed E-state index contributed by atoms with van der Waals surface area (Å²) in [5.41, 5.74) is 1.56. The van der Waals surface area contributed by atoms with E-state index in [1.807, 2.05) is 35.7 Å². The van der Waals surface area contributed by atoms with Crippen LogP contribution in [0.2, 0.25) is 0 Å². The van der Waals surface area contributed by atoms with Crippen LogP contribution in [-0.2, 0) is 11.2 Å². The van der Waals surface area contributed by atoms with Crippen LogP contribution in [0.1, 0.15) is 27.2 Å². The van der Waals surface area contributed by atoms with Crippen LogP contribution in [-0.4, -0.2) is 46.8 Å². The number of hydrogen-bond acceptors (Lipinski definition) is 7. The molecule has 0 unspecified atom stereocenters. The Morgan fingerprint density at radius 1 is 0.861 bits per heavy atom. The monoisotopic (exact) mass is 510 g/mol. The van der Waals surface area contributed by atoms with Crippen LogP contribution in [0.15, 0.2) is 59.6 Å². The second-order valence-electron chi connectivity index (χ2n) is 7.65. The molecule has 36 heavy (non-hydrogen) atoms. The number of ether oxygens (including phenoxy) is 4. The summed E-state index contributed by atoms with van der Waals surface area (Å²) >= 11 is 1.47. The van der Waals surface area contributed by atoms with Gasteiger partial charge in [0.15, 0.2) is 23.0 Å². The molecule has 8 nitrogen and oxygen atoms in total. The SMILES string of the molecule is COc1ccc(CCCNC(=O)/C(=C/c2cccs2)NC(=O)c2ccc(OC)c(OC)c2)cc1OC. The van der Waals surface area contributed by atoms with Gasteiger partial charge in [0.05, 0.1) is 28.4 Å². The molecule has 0 fully saturated rings. The van der Waals surface area contributed by atoms with Crippen molar-refractivity contribution in [2.24, 2.45) is 0 Å². The van der Waals surface area contributed by atoms with E-state index in [0.29, 0.717) is 41.5 Å². The molecule has 2 N–H and O–H groups in total. The molecular weight excluding hydrogens is 480 g/mol. The third-order valence-electron chi connectivity index (χ3n) is 5.34. The highest BCUT2D eigenvalue weighted by Gasteiger charge is 2.17. The molecule has 1 heterocycles. The zero-order chi connectivity index (χ0) is 25.9. The Hall–Kier alpha value is -3.98. The number of methoxy groups -OCH3 is 4. The van der Waals surface area contributed by atoms with Gasteiger partial charge in [-0.2, -0.15) is 0 Å². The fraction of sp³-hybridized carbons (Fsp3) is 0.259. The number of amides is 2. The Balaban J connectivity index is 1.65. The molecule has 190 valence electrons. The van der Waals surface area contributed by atoms with Crippen LogP contribution in [0, 0.1) is 0 Å². The zero-order valence-electron chi connectivity index (χ0n) is 20.8. The topological polar surface area (TPSA) is 95.1 Å². The molecule has 0 saturated heterocycles. The van der Waals surface area contributed by atoms with Crippen molar-refractivity contribution < 1.29 is 28.5 Å². The molecular formula is C27H30N2O6S. The molecule has 0 saturated carbocycles. The molecule has 0 aliphatic heterocycles. The molecule has 0 bridgehead atoms. The zero-order valence-corrected chi connectivity index (χ0v) is 21.6. The van der Waals surface area contributed by atoms with Gasteiger partial charge in [-0.25, -0.2) is 0 Å².